The fourth-order valence-corrected chi connectivity index (χ4v) is 1.70. The molecule has 1 aromatic heterocycles. The third-order valence-corrected chi connectivity index (χ3v) is 2.66. The second-order valence-electron chi connectivity index (χ2n) is 3.28. The Morgan fingerprint density at radius 1 is 1.47 bits per heavy atom. The van der Waals surface area contributed by atoms with E-state index in [1.54, 1.807) is 6.20 Å². The van der Waals surface area contributed by atoms with Crippen LogP contribution in [0.25, 0.3) is 0 Å². The predicted molar refractivity (Wildman–Crippen MR) is 63.3 cm³/mol. The first-order valence-electron chi connectivity index (χ1n) is 5.27. The number of hydrogen-bond donors (Lipinski definition) is 2. The molecule has 0 atom stereocenters. The van der Waals surface area contributed by atoms with E-state index in [2.05, 4.69) is 22.5 Å². The van der Waals surface area contributed by atoms with Crippen molar-refractivity contribution >= 4 is 22.5 Å². The molecular formula is C10H17N3OS. The van der Waals surface area contributed by atoms with Gasteiger partial charge in [-0.25, -0.2) is 9.78 Å². The number of anilines is 1. The second-order valence-corrected chi connectivity index (χ2v) is 4.17. The lowest BCUT2D eigenvalue weighted by Gasteiger charge is -2.04. The SMILES string of the molecule is CCCCCCNC(=O)Nc1nccs1. The first kappa shape index (κ1) is 12.0. The number of nitrogens with one attached hydrogen (secondary N) is 2. The molecule has 0 saturated heterocycles. The molecule has 0 aromatic carbocycles. The van der Waals surface area contributed by atoms with Gasteiger partial charge in [-0.15, -0.1) is 11.3 Å². The van der Waals surface area contributed by atoms with Gasteiger partial charge in [0.05, 0.1) is 0 Å². The number of urea groups is 1. The Kier molecular flexibility index (Phi) is 5.77. The Labute approximate surface area is 94.1 Å². The van der Waals surface area contributed by atoms with Crippen LogP contribution in [0.5, 0.6) is 0 Å². The third kappa shape index (κ3) is 5.37. The second kappa shape index (κ2) is 7.23. The summed E-state index contributed by atoms with van der Waals surface area (Å²) in [5, 5.41) is 7.94. The summed E-state index contributed by atoms with van der Waals surface area (Å²) < 4.78 is 0. The summed E-state index contributed by atoms with van der Waals surface area (Å²) in [6, 6.07) is -0.165. The molecule has 0 saturated carbocycles. The van der Waals surface area contributed by atoms with Crippen LogP contribution in [0.1, 0.15) is 32.6 Å². The molecule has 0 aliphatic heterocycles. The van der Waals surface area contributed by atoms with Crippen LogP contribution in [0.4, 0.5) is 9.93 Å². The van der Waals surface area contributed by atoms with E-state index in [0.29, 0.717) is 5.13 Å². The van der Waals surface area contributed by atoms with Gasteiger partial charge >= 0.3 is 6.03 Å². The van der Waals surface area contributed by atoms with Gasteiger partial charge in [0.1, 0.15) is 0 Å². The molecule has 1 rings (SSSR count). The Morgan fingerprint density at radius 3 is 3.00 bits per heavy atom. The van der Waals surface area contributed by atoms with Gasteiger partial charge in [-0.2, -0.15) is 0 Å². The zero-order valence-electron chi connectivity index (χ0n) is 8.95. The maximum atomic E-state index is 11.3. The first-order valence-corrected chi connectivity index (χ1v) is 6.15. The van der Waals surface area contributed by atoms with Crippen molar-refractivity contribution in [2.24, 2.45) is 0 Å². The molecule has 2 amide bonds. The smallest absolute Gasteiger partial charge is 0.321 e. The van der Waals surface area contributed by atoms with Crippen LogP contribution < -0.4 is 10.6 Å². The van der Waals surface area contributed by atoms with Gasteiger partial charge < -0.3 is 5.32 Å². The number of rotatable bonds is 6. The first-order chi connectivity index (χ1) is 7.33. The number of amides is 2. The van der Waals surface area contributed by atoms with E-state index in [0.717, 1.165) is 13.0 Å². The molecule has 5 heteroatoms. The lowest BCUT2D eigenvalue weighted by molar-refractivity contribution is 0.252. The van der Waals surface area contributed by atoms with Crippen LogP contribution in [-0.4, -0.2) is 17.6 Å². The van der Waals surface area contributed by atoms with Crippen LogP contribution >= 0.6 is 11.3 Å². The Hall–Kier alpha value is -1.10. The Balaban J connectivity index is 2.04. The summed E-state index contributed by atoms with van der Waals surface area (Å²) in [7, 11) is 0. The van der Waals surface area contributed by atoms with E-state index >= 15 is 0 Å². The van der Waals surface area contributed by atoms with E-state index in [1.165, 1.54) is 30.6 Å². The van der Waals surface area contributed by atoms with Crippen LogP contribution in [0.2, 0.25) is 0 Å². The highest BCUT2D eigenvalue weighted by Crippen LogP contribution is 2.09. The topological polar surface area (TPSA) is 54.0 Å². The summed E-state index contributed by atoms with van der Waals surface area (Å²) >= 11 is 1.42. The highest BCUT2D eigenvalue weighted by Gasteiger charge is 2.01. The molecule has 0 unspecified atom stereocenters. The van der Waals surface area contributed by atoms with Gasteiger partial charge in [-0.05, 0) is 6.42 Å². The van der Waals surface area contributed by atoms with E-state index in [4.69, 9.17) is 0 Å². The minimum Gasteiger partial charge on any atom is -0.338 e. The van der Waals surface area contributed by atoms with Crippen molar-refractivity contribution in [3.63, 3.8) is 0 Å². The van der Waals surface area contributed by atoms with Gasteiger partial charge in [0.15, 0.2) is 5.13 Å². The molecule has 1 heterocycles. The zero-order chi connectivity index (χ0) is 10.9. The predicted octanol–water partition coefficient (Wildman–Crippen LogP) is 2.84. The number of aromatic nitrogens is 1. The van der Waals surface area contributed by atoms with Crippen molar-refractivity contribution < 1.29 is 4.79 Å². The maximum Gasteiger partial charge on any atom is 0.321 e. The molecule has 2 N–H and O–H groups in total. The summed E-state index contributed by atoms with van der Waals surface area (Å²) in [6.45, 7) is 2.90. The summed E-state index contributed by atoms with van der Waals surface area (Å²) in [6.07, 6.45) is 6.33. The van der Waals surface area contributed by atoms with Gasteiger partial charge in [0, 0.05) is 18.1 Å². The lowest BCUT2D eigenvalue weighted by atomic mass is 10.2. The number of hydrogen-bond acceptors (Lipinski definition) is 3. The molecule has 15 heavy (non-hydrogen) atoms. The maximum absolute atomic E-state index is 11.3. The summed E-state index contributed by atoms with van der Waals surface area (Å²) in [4.78, 5) is 15.2. The van der Waals surface area contributed by atoms with E-state index < -0.39 is 0 Å². The highest BCUT2D eigenvalue weighted by molar-refractivity contribution is 7.13. The molecule has 0 spiro atoms. The van der Waals surface area contributed by atoms with Crippen molar-refractivity contribution in [3.05, 3.63) is 11.6 Å². The standard InChI is InChI=1S/C10H17N3OS/c1-2-3-4-5-6-11-9(14)13-10-12-7-8-15-10/h7-8H,2-6H2,1H3,(H2,11,12,13,14). The Morgan fingerprint density at radius 2 is 2.33 bits per heavy atom. The van der Waals surface area contributed by atoms with Crippen LogP contribution in [0, 0.1) is 0 Å². The van der Waals surface area contributed by atoms with Crippen LogP contribution in [0.15, 0.2) is 11.6 Å². The Bertz CT molecular complexity index is 274. The van der Waals surface area contributed by atoms with Gasteiger partial charge in [0.2, 0.25) is 0 Å². The molecule has 0 bridgehead atoms. The average Bonchev–Trinajstić information content (AvgIpc) is 2.70. The fraction of sp³-hybridized carbons (Fsp3) is 0.600. The number of carbonyl (C=O) groups excluding carboxylic acids is 1. The van der Waals surface area contributed by atoms with Crippen molar-refractivity contribution in [2.75, 3.05) is 11.9 Å². The number of carbonyl (C=O) groups is 1. The minimum atomic E-state index is -0.165. The monoisotopic (exact) mass is 227 g/mol. The molecule has 0 aliphatic rings. The summed E-state index contributed by atoms with van der Waals surface area (Å²) in [5.41, 5.74) is 0. The van der Waals surface area contributed by atoms with E-state index in [1.807, 2.05) is 5.38 Å². The van der Waals surface area contributed by atoms with Crippen molar-refractivity contribution in [3.8, 4) is 0 Å². The molecule has 84 valence electrons. The number of unbranched alkanes of at least 4 members (excludes halogenated alkanes) is 3. The van der Waals surface area contributed by atoms with Gasteiger partial charge in [-0.3, -0.25) is 5.32 Å². The van der Waals surface area contributed by atoms with Crippen LogP contribution in [0.3, 0.4) is 0 Å². The normalized spacial score (nSPS) is 9.93. The zero-order valence-corrected chi connectivity index (χ0v) is 9.77. The molecular weight excluding hydrogens is 210 g/mol. The highest BCUT2D eigenvalue weighted by atomic mass is 32.1. The molecule has 0 radical (unpaired) electrons. The lowest BCUT2D eigenvalue weighted by Crippen LogP contribution is -2.29. The quantitative estimate of drug-likeness (QED) is 0.734. The van der Waals surface area contributed by atoms with Crippen molar-refractivity contribution in [1.82, 2.24) is 10.3 Å². The fourth-order valence-electron chi connectivity index (χ4n) is 1.18. The molecule has 1 aromatic rings. The van der Waals surface area contributed by atoms with Crippen molar-refractivity contribution in [1.29, 1.82) is 0 Å². The third-order valence-electron chi connectivity index (χ3n) is 1.97. The molecule has 4 nitrogen and oxygen atoms in total. The average molecular weight is 227 g/mol. The number of thiazole rings is 1. The van der Waals surface area contributed by atoms with Gasteiger partial charge in [0.25, 0.3) is 0 Å². The van der Waals surface area contributed by atoms with Gasteiger partial charge in [-0.1, -0.05) is 26.2 Å². The number of nitrogens with zero attached hydrogens (tertiary/aromatic N) is 1. The largest absolute Gasteiger partial charge is 0.338 e. The summed E-state index contributed by atoms with van der Waals surface area (Å²) in [5.74, 6) is 0. The van der Waals surface area contributed by atoms with Crippen LogP contribution in [-0.2, 0) is 0 Å². The minimum absolute atomic E-state index is 0.165. The molecule has 0 aliphatic carbocycles. The molecule has 0 fully saturated rings. The van der Waals surface area contributed by atoms with E-state index in [9.17, 15) is 4.79 Å². The van der Waals surface area contributed by atoms with Crippen molar-refractivity contribution in [2.45, 2.75) is 32.6 Å². The van der Waals surface area contributed by atoms with E-state index in [-0.39, 0.29) is 6.03 Å².